The summed E-state index contributed by atoms with van der Waals surface area (Å²) in [7, 11) is 0. The summed E-state index contributed by atoms with van der Waals surface area (Å²) in [5.41, 5.74) is 0.314. The van der Waals surface area contributed by atoms with Gasteiger partial charge in [-0.1, -0.05) is 18.2 Å². The van der Waals surface area contributed by atoms with Crippen LogP contribution in [0.5, 0.6) is 5.75 Å². The van der Waals surface area contributed by atoms with Crippen molar-refractivity contribution in [3.05, 3.63) is 29.8 Å². The number of amides is 1. The van der Waals surface area contributed by atoms with E-state index in [1.807, 2.05) is 45.0 Å². The first-order valence-electron chi connectivity index (χ1n) is 8.69. The molecule has 1 saturated heterocycles. The highest BCUT2D eigenvalue weighted by Gasteiger charge is 2.44. The zero-order chi connectivity index (χ0) is 17.4. The van der Waals surface area contributed by atoms with Crippen LogP contribution in [0.1, 0.15) is 51.5 Å². The molecule has 1 amide bonds. The first kappa shape index (κ1) is 17.1. The molecule has 5 heteroatoms. The molecule has 1 spiro atoms. The molecule has 1 N–H and O–H groups in total. The van der Waals surface area contributed by atoms with Crippen molar-refractivity contribution in [3.8, 4) is 5.75 Å². The summed E-state index contributed by atoms with van der Waals surface area (Å²) in [6, 6.07) is 7.94. The van der Waals surface area contributed by atoms with Crippen LogP contribution in [-0.2, 0) is 4.74 Å². The molecule has 0 saturated carbocycles. The first-order chi connectivity index (χ1) is 11.3. The molecule has 3 rings (SSSR count). The monoisotopic (exact) mass is 333 g/mol. The molecule has 1 atom stereocenters. The number of aliphatic hydroxyl groups excluding tert-OH is 1. The average molecular weight is 333 g/mol. The minimum Gasteiger partial charge on any atom is -0.487 e. The standard InChI is InChI=1S/C19H27NO4/c1-18(2,3)24-17(22)20-10-8-19(9-11-20)12-14(13-21)15-6-4-5-7-16(15)23-19/h4-7,14,21H,8-13H2,1-3H3/t14-/m1/s1. The van der Waals surface area contributed by atoms with Crippen LogP contribution in [0.25, 0.3) is 0 Å². The Morgan fingerprint density at radius 1 is 1.33 bits per heavy atom. The maximum absolute atomic E-state index is 12.2. The lowest BCUT2D eigenvalue weighted by Gasteiger charge is -2.46. The molecule has 2 aliphatic heterocycles. The third-order valence-electron chi connectivity index (χ3n) is 4.85. The van der Waals surface area contributed by atoms with E-state index >= 15 is 0 Å². The second kappa shape index (κ2) is 6.28. The first-order valence-corrected chi connectivity index (χ1v) is 8.69. The summed E-state index contributed by atoms with van der Waals surface area (Å²) in [5, 5.41) is 9.78. The van der Waals surface area contributed by atoms with Gasteiger partial charge in [-0.2, -0.15) is 0 Å². The number of hydrogen-bond acceptors (Lipinski definition) is 4. The summed E-state index contributed by atoms with van der Waals surface area (Å²) >= 11 is 0. The summed E-state index contributed by atoms with van der Waals surface area (Å²) < 4.78 is 11.8. The highest BCUT2D eigenvalue weighted by atomic mass is 16.6. The van der Waals surface area contributed by atoms with Crippen molar-refractivity contribution < 1.29 is 19.4 Å². The van der Waals surface area contributed by atoms with Crippen LogP contribution in [-0.4, -0.2) is 47.0 Å². The van der Waals surface area contributed by atoms with Gasteiger partial charge in [-0.25, -0.2) is 4.79 Å². The molecule has 0 aromatic heterocycles. The number of ether oxygens (including phenoxy) is 2. The summed E-state index contributed by atoms with van der Waals surface area (Å²) in [6.07, 6.45) is 2.06. The highest BCUT2D eigenvalue weighted by molar-refractivity contribution is 5.68. The normalized spacial score (nSPS) is 22.7. The number of aliphatic hydroxyl groups is 1. The van der Waals surface area contributed by atoms with Crippen molar-refractivity contribution in [1.29, 1.82) is 0 Å². The quantitative estimate of drug-likeness (QED) is 0.856. The van der Waals surface area contributed by atoms with E-state index in [2.05, 4.69) is 0 Å². The molecular formula is C19H27NO4. The van der Waals surface area contributed by atoms with Gasteiger partial charge in [0.05, 0.1) is 6.61 Å². The van der Waals surface area contributed by atoms with E-state index in [4.69, 9.17) is 9.47 Å². The van der Waals surface area contributed by atoms with Gasteiger partial charge in [-0.3, -0.25) is 0 Å². The van der Waals surface area contributed by atoms with Crippen LogP contribution in [0, 0.1) is 0 Å². The SMILES string of the molecule is CC(C)(C)OC(=O)N1CCC2(CC1)C[C@H](CO)c1ccccc1O2. The fraction of sp³-hybridized carbons (Fsp3) is 0.632. The van der Waals surface area contributed by atoms with Gasteiger partial charge in [-0.15, -0.1) is 0 Å². The molecule has 0 aliphatic carbocycles. The van der Waals surface area contributed by atoms with Gasteiger partial charge in [0.15, 0.2) is 0 Å². The van der Waals surface area contributed by atoms with Gasteiger partial charge in [0.25, 0.3) is 0 Å². The Morgan fingerprint density at radius 2 is 2.00 bits per heavy atom. The van der Waals surface area contributed by atoms with Gasteiger partial charge in [-0.05, 0) is 38.8 Å². The molecule has 1 fully saturated rings. The Morgan fingerprint density at radius 3 is 2.62 bits per heavy atom. The van der Waals surface area contributed by atoms with E-state index in [1.165, 1.54) is 0 Å². The van der Waals surface area contributed by atoms with Crippen LogP contribution in [0.3, 0.4) is 0 Å². The highest BCUT2D eigenvalue weighted by Crippen LogP contribution is 2.45. The zero-order valence-electron chi connectivity index (χ0n) is 14.7. The van der Waals surface area contributed by atoms with E-state index in [0.29, 0.717) is 13.1 Å². The number of para-hydroxylation sites is 1. The van der Waals surface area contributed by atoms with Crippen LogP contribution >= 0.6 is 0 Å². The fourth-order valence-electron chi connectivity index (χ4n) is 3.64. The molecular weight excluding hydrogens is 306 g/mol. The average Bonchev–Trinajstić information content (AvgIpc) is 2.53. The topological polar surface area (TPSA) is 59.0 Å². The number of hydrogen-bond donors (Lipinski definition) is 1. The van der Waals surface area contributed by atoms with Crippen LogP contribution in [0.4, 0.5) is 4.79 Å². The van der Waals surface area contributed by atoms with Crippen LogP contribution < -0.4 is 4.74 Å². The third-order valence-corrected chi connectivity index (χ3v) is 4.85. The lowest BCUT2D eigenvalue weighted by molar-refractivity contribution is -0.0359. The van der Waals surface area contributed by atoms with Crippen LogP contribution in [0.2, 0.25) is 0 Å². The fourth-order valence-corrected chi connectivity index (χ4v) is 3.64. The predicted octanol–water partition coefficient (Wildman–Crippen LogP) is 3.31. The lowest BCUT2D eigenvalue weighted by atomic mass is 9.78. The Labute approximate surface area is 143 Å². The molecule has 2 heterocycles. The van der Waals surface area contributed by atoms with Crippen molar-refractivity contribution in [3.63, 3.8) is 0 Å². The molecule has 132 valence electrons. The number of nitrogens with zero attached hydrogens (tertiary/aromatic N) is 1. The summed E-state index contributed by atoms with van der Waals surface area (Å²) in [5.74, 6) is 0.969. The third kappa shape index (κ3) is 3.51. The summed E-state index contributed by atoms with van der Waals surface area (Å²) in [6.45, 7) is 7.00. The minimum absolute atomic E-state index is 0.100. The van der Waals surface area contributed by atoms with E-state index in [9.17, 15) is 9.90 Å². The molecule has 1 aromatic rings. The number of fused-ring (bicyclic) bond motifs is 1. The van der Waals surface area contributed by atoms with Crippen LogP contribution in [0.15, 0.2) is 24.3 Å². The summed E-state index contributed by atoms with van der Waals surface area (Å²) in [4.78, 5) is 14.0. The van der Waals surface area contributed by atoms with Crippen molar-refractivity contribution in [2.75, 3.05) is 19.7 Å². The Kier molecular flexibility index (Phi) is 4.47. The number of benzene rings is 1. The van der Waals surface area contributed by atoms with E-state index < -0.39 is 5.60 Å². The molecule has 0 radical (unpaired) electrons. The predicted molar refractivity (Wildman–Crippen MR) is 91.3 cm³/mol. The lowest BCUT2D eigenvalue weighted by Crippen LogP contribution is -2.52. The maximum Gasteiger partial charge on any atom is 0.410 e. The van der Waals surface area contributed by atoms with E-state index in [-0.39, 0.29) is 24.2 Å². The van der Waals surface area contributed by atoms with Crippen molar-refractivity contribution in [2.45, 2.75) is 57.2 Å². The minimum atomic E-state index is -0.478. The van der Waals surface area contributed by atoms with Crippen molar-refractivity contribution in [2.24, 2.45) is 0 Å². The molecule has 5 nitrogen and oxygen atoms in total. The van der Waals surface area contributed by atoms with Crippen molar-refractivity contribution >= 4 is 6.09 Å². The number of carbonyl (C=O) groups is 1. The van der Waals surface area contributed by atoms with Gasteiger partial charge in [0.2, 0.25) is 0 Å². The molecule has 2 aliphatic rings. The molecule has 24 heavy (non-hydrogen) atoms. The second-order valence-electron chi connectivity index (χ2n) is 7.87. The van der Waals surface area contributed by atoms with Gasteiger partial charge < -0.3 is 19.5 Å². The smallest absolute Gasteiger partial charge is 0.410 e. The molecule has 0 bridgehead atoms. The van der Waals surface area contributed by atoms with Gasteiger partial charge >= 0.3 is 6.09 Å². The maximum atomic E-state index is 12.2. The van der Waals surface area contributed by atoms with Crippen molar-refractivity contribution in [1.82, 2.24) is 4.90 Å². The molecule has 0 unspecified atom stereocenters. The number of piperidine rings is 1. The Hall–Kier alpha value is -1.75. The molecule has 1 aromatic carbocycles. The largest absolute Gasteiger partial charge is 0.487 e. The van der Waals surface area contributed by atoms with Gasteiger partial charge in [0, 0.05) is 31.8 Å². The zero-order valence-corrected chi connectivity index (χ0v) is 14.7. The van der Waals surface area contributed by atoms with Gasteiger partial charge in [0.1, 0.15) is 17.0 Å². The number of rotatable bonds is 1. The number of carbonyl (C=O) groups excluding carboxylic acids is 1. The number of likely N-dealkylation sites (tertiary alicyclic amines) is 1. The Bertz CT molecular complexity index is 600. The second-order valence-corrected chi connectivity index (χ2v) is 7.87. The van der Waals surface area contributed by atoms with E-state index in [0.717, 1.165) is 30.6 Å². The Balaban J connectivity index is 1.69. The van der Waals surface area contributed by atoms with E-state index in [1.54, 1.807) is 4.90 Å².